The van der Waals surface area contributed by atoms with Crippen LogP contribution in [0.3, 0.4) is 0 Å². The monoisotopic (exact) mass is 770 g/mol. The van der Waals surface area contributed by atoms with Gasteiger partial charge in [0.15, 0.2) is 0 Å². The lowest BCUT2D eigenvalue weighted by Crippen LogP contribution is -1.91. The minimum absolute atomic E-state index is 0.894. The van der Waals surface area contributed by atoms with Gasteiger partial charge in [-0.3, -0.25) is 0 Å². The van der Waals surface area contributed by atoms with Crippen LogP contribution < -0.4 is 0 Å². The normalized spacial score (nSPS) is 12.3. The van der Waals surface area contributed by atoms with Crippen molar-refractivity contribution in [2.75, 3.05) is 0 Å². The van der Waals surface area contributed by atoms with Gasteiger partial charge in [0.25, 0.3) is 0 Å². The predicted octanol–water partition coefficient (Wildman–Crippen LogP) is 17.3. The summed E-state index contributed by atoms with van der Waals surface area (Å²) < 4.78 is 7.04. The first-order valence-electron chi connectivity index (χ1n) is 21.2. The topological polar surface area (TPSA) is 13.1 Å². The van der Waals surface area contributed by atoms with E-state index < -0.39 is 0 Å². The molecule has 0 atom stereocenters. The molecule has 1 heterocycles. The van der Waals surface area contributed by atoms with Crippen molar-refractivity contribution in [3.05, 3.63) is 206 Å². The molecule has 0 N–H and O–H groups in total. The summed E-state index contributed by atoms with van der Waals surface area (Å²) in [6, 6.07) is 76.4. The van der Waals surface area contributed by atoms with Crippen molar-refractivity contribution in [1.82, 2.24) is 0 Å². The van der Waals surface area contributed by atoms with Crippen LogP contribution in [0.15, 0.2) is 211 Å². The maximum Gasteiger partial charge on any atom is 0.143 e. The van der Waals surface area contributed by atoms with Crippen LogP contribution in [0.5, 0.6) is 0 Å². The average Bonchev–Trinajstić information content (AvgIpc) is 3.71. The van der Waals surface area contributed by atoms with Crippen molar-refractivity contribution < 1.29 is 4.42 Å². The third kappa shape index (κ3) is 4.61. The Morgan fingerprint density at radius 1 is 0.230 bits per heavy atom. The Bertz CT molecular complexity index is 4150. The molecule has 0 radical (unpaired) electrons. The molecule has 1 aromatic heterocycles. The van der Waals surface area contributed by atoms with Gasteiger partial charge in [0.05, 0.1) is 0 Å². The van der Waals surface area contributed by atoms with E-state index in [0.29, 0.717) is 0 Å². The van der Waals surface area contributed by atoms with Crippen LogP contribution in [0.25, 0.3) is 141 Å². The van der Waals surface area contributed by atoms with Crippen molar-refractivity contribution in [3.8, 4) is 33.4 Å². The van der Waals surface area contributed by atoms with Crippen molar-refractivity contribution in [2.45, 2.75) is 0 Å². The number of furan rings is 1. The molecule has 0 aliphatic carbocycles. The SMILES string of the molecule is c1ccc2c(c1)ccc1c2oc2cc(-c3ccc(-c4cc5ccc6ccccc6c5c5ccccc45)c4ccccc34)cc(-c3ccc4ccc5cccc6ccc3c4c56)c21. The molecule has 1 heteroatoms. The van der Waals surface area contributed by atoms with E-state index in [9.17, 15) is 0 Å². The van der Waals surface area contributed by atoms with Crippen molar-refractivity contribution >= 4 is 108 Å². The van der Waals surface area contributed by atoms with Gasteiger partial charge in [-0.1, -0.05) is 182 Å². The first-order chi connectivity index (χ1) is 30.2. The molecule has 13 aromatic carbocycles. The smallest absolute Gasteiger partial charge is 0.143 e. The second-order valence-corrected chi connectivity index (χ2v) is 16.7. The molecule has 0 fully saturated rings. The number of fused-ring (bicyclic) bond motifs is 11. The van der Waals surface area contributed by atoms with Crippen LogP contribution in [0.4, 0.5) is 0 Å². The number of hydrogen-bond donors (Lipinski definition) is 0. The van der Waals surface area contributed by atoms with E-state index in [-0.39, 0.29) is 0 Å². The Morgan fingerprint density at radius 2 is 0.738 bits per heavy atom. The summed E-state index contributed by atoms with van der Waals surface area (Å²) in [4.78, 5) is 0. The van der Waals surface area contributed by atoms with Crippen LogP contribution in [0.1, 0.15) is 0 Å². The Hall–Kier alpha value is -8.00. The number of hydrogen-bond acceptors (Lipinski definition) is 1. The van der Waals surface area contributed by atoms with Gasteiger partial charge < -0.3 is 4.42 Å². The van der Waals surface area contributed by atoms with E-state index in [1.165, 1.54) is 109 Å². The van der Waals surface area contributed by atoms with Gasteiger partial charge in [-0.25, -0.2) is 0 Å². The molecule has 0 aliphatic heterocycles. The van der Waals surface area contributed by atoms with E-state index in [4.69, 9.17) is 4.42 Å². The molecule has 0 saturated heterocycles. The molecule has 14 rings (SSSR count). The molecule has 0 aliphatic rings. The van der Waals surface area contributed by atoms with Gasteiger partial charge in [0.2, 0.25) is 0 Å². The van der Waals surface area contributed by atoms with Crippen LogP contribution in [0.2, 0.25) is 0 Å². The lowest BCUT2D eigenvalue weighted by atomic mass is 9.85. The van der Waals surface area contributed by atoms with Gasteiger partial charge in [-0.15, -0.1) is 0 Å². The maximum absolute atomic E-state index is 7.04. The molecule has 61 heavy (non-hydrogen) atoms. The Morgan fingerprint density at radius 3 is 1.54 bits per heavy atom. The zero-order chi connectivity index (χ0) is 39.8. The first-order valence-corrected chi connectivity index (χ1v) is 21.2. The summed E-state index contributed by atoms with van der Waals surface area (Å²) in [5.74, 6) is 0. The van der Waals surface area contributed by atoms with E-state index in [1.54, 1.807) is 0 Å². The highest BCUT2D eigenvalue weighted by Crippen LogP contribution is 2.48. The van der Waals surface area contributed by atoms with E-state index in [1.807, 2.05) is 0 Å². The van der Waals surface area contributed by atoms with Gasteiger partial charge in [0.1, 0.15) is 11.2 Å². The zero-order valence-corrected chi connectivity index (χ0v) is 33.0. The average molecular weight is 771 g/mol. The first kappa shape index (κ1) is 32.9. The minimum Gasteiger partial charge on any atom is -0.455 e. The molecule has 0 amide bonds. The summed E-state index contributed by atoms with van der Waals surface area (Å²) in [5.41, 5.74) is 9.01. The summed E-state index contributed by atoms with van der Waals surface area (Å²) >= 11 is 0. The van der Waals surface area contributed by atoms with Crippen LogP contribution >= 0.6 is 0 Å². The molecule has 280 valence electrons. The quantitative estimate of drug-likeness (QED) is 0.163. The molecule has 1 nitrogen and oxygen atoms in total. The second-order valence-electron chi connectivity index (χ2n) is 16.7. The predicted molar refractivity (Wildman–Crippen MR) is 261 cm³/mol. The molecule has 0 saturated carbocycles. The van der Waals surface area contributed by atoms with Crippen LogP contribution in [-0.4, -0.2) is 0 Å². The van der Waals surface area contributed by atoms with Crippen molar-refractivity contribution in [1.29, 1.82) is 0 Å². The van der Waals surface area contributed by atoms with E-state index >= 15 is 0 Å². The third-order valence-corrected chi connectivity index (χ3v) is 13.6. The lowest BCUT2D eigenvalue weighted by molar-refractivity contribution is 0.673. The van der Waals surface area contributed by atoms with E-state index in [0.717, 1.165) is 32.9 Å². The number of rotatable bonds is 3. The summed E-state index contributed by atoms with van der Waals surface area (Å²) in [6.45, 7) is 0. The Balaban J connectivity index is 1.06. The van der Waals surface area contributed by atoms with Crippen LogP contribution in [0, 0.1) is 0 Å². The highest BCUT2D eigenvalue weighted by atomic mass is 16.3. The second kappa shape index (κ2) is 12.3. The molecular weight excluding hydrogens is 737 g/mol. The minimum atomic E-state index is 0.894. The summed E-state index contributed by atoms with van der Waals surface area (Å²) in [7, 11) is 0. The number of benzene rings is 13. The fourth-order valence-corrected chi connectivity index (χ4v) is 10.9. The Labute approximate surface area is 350 Å². The van der Waals surface area contributed by atoms with Crippen molar-refractivity contribution in [2.24, 2.45) is 0 Å². The Kier molecular flexibility index (Phi) is 6.62. The molecule has 0 unspecified atom stereocenters. The zero-order valence-electron chi connectivity index (χ0n) is 33.0. The molecule has 0 spiro atoms. The largest absolute Gasteiger partial charge is 0.455 e. The van der Waals surface area contributed by atoms with Gasteiger partial charge in [-0.2, -0.15) is 0 Å². The van der Waals surface area contributed by atoms with Crippen molar-refractivity contribution in [3.63, 3.8) is 0 Å². The standard InChI is InChI=1S/C60H34O/c1-3-14-43-35(10-1)20-23-40-32-53(47-18-7-8-19-50(47)57(40)43)48-31-30-42(45-16-5-6-17-46(45)48)41-33-54(59-52-29-24-36-11-2-4-15-44(36)60(52)61-55(59)34-41)49-27-25-39-22-21-37-12-9-13-38-26-28-51(49)58(39)56(37)38/h1-34H. The van der Waals surface area contributed by atoms with Gasteiger partial charge >= 0.3 is 0 Å². The third-order valence-electron chi connectivity index (χ3n) is 13.6. The lowest BCUT2D eigenvalue weighted by Gasteiger charge is -2.18. The molecule has 0 bridgehead atoms. The molecule has 14 aromatic rings. The maximum atomic E-state index is 7.04. The van der Waals surface area contributed by atoms with Gasteiger partial charge in [0, 0.05) is 16.2 Å². The summed E-state index contributed by atoms with van der Waals surface area (Å²) in [6.07, 6.45) is 0. The fraction of sp³-hybridized carbons (Fsp3) is 0. The van der Waals surface area contributed by atoms with Gasteiger partial charge in [-0.05, 0) is 138 Å². The van der Waals surface area contributed by atoms with E-state index in [2.05, 4.69) is 206 Å². The highest BCUT2D eigenvalue weighted by Gasteiger charge is 2.22. The summed E-state index contributed by atoms with van der Waals surface area (Å²) in [5, 5.41) is 22.4. The fourth-order valence-electron chi connectivity index (χ4n) is 10.9. The molecular formula is C60H34O. The highest BCUT2D eigenvalue weighted by molar-refractivity contribution is 6.29. The van der Waals surface area contributed by atoms with Crippen LogP contribution in [-0.2, 0) is 0 Å².